The highest BCUT2D eigenvalue weighted by Crippen LogP contribution is 2.02. The normalized spacial score (nSPS) is 10.1. The lowest BCUT2D eigenvalue weighted by molar-refractivity contribution is 0.0950. The number of amides is 1. The summed E-state index contributed by atoms with van der Waals surface area (Å²) in [6.07, 6.45) is 3.09. The van der Waals surface area contributed by atoms with Crippen molar-refractivity contribution in [3.8, 4) is 0 Å². The maximum absolute atomic E-state index is 11.7. The van der Waals surface area contributed by atoms with Gasteiger partial charge in [-0.2, -0.15) is 15.3 Å². The van der Waals surface area contributed by atoms with Crippen LogP contribution in [-0.2, 0) is 6.54 Å². The first-order valence-corrected chi connectivity index (χ1v) is 4.82. The van der Waals surface area contributed by atoms with E-state index in [9.17, 15) is 4.79 Å². The third-order valence-corrected chi connectivity index (χ3v) is 2.13. The Morgan fingerprint density at radius 2 is 2.44 bits per heavy atom. The molecule has 2 aromatic rings. The minimum Gasteiger partial charge on any atom is -0.346 e. The number of hydrogen-bond acceptors (Lipinski definition) is 4. The molecule has 0 unspecified atom stereocenters. The van der Waals surface area contributed by atoms with Crippen LogP contribution < -0.4 is 5.32 Å². The van der Waals surface area contributed by atoms with E-state index in [0.717, 1.165) is 11.4 Å². The topological polar surface area (TPSA) is 83.6 Å². The molecule has 0 aromatic carbocycles. The second kappa shape index (κ2) is 4.52. The lowest BCUT2D eigenvalue weighted by Crippen LogP contribution is -2.23. The van der Waals surface area contributed by atoms with E-state index in [1.165, 1.54) is 6.20 Å². The summed E-state index contributed by atoms with van der Waals surface area (Å²) in [6, 6.07) is 3.58. The van der Waals surface area contributed by atoms with E-state index in [1.807, 2.05) is 0 Å². The minimum absolute atomic E-state index is 0.170. The van der Waals surface area contributed by atoms with E-state index in [0.29, 0.717) is 12.1 Å². The molecule has 0 fully saturated rings. The molecule has 0 saturated heterocycles. The monoisotopic (exact) mass is 217 g/mol. The van der Waals surface area contributed by atoms with Gasteiger partial charge in [0, 0.05) is 11.9 Å². The van der Waals surface area contributed by atoms with E-state index < -0.39 is 0 Å². The zero-order valence-corrected chi connectivity index (χ0v) is 8.77. The van der Waals surface area contributed by atoms with Crippen LogP contribution in [0.5, 0.6) is 0 Å². The van der Waals surface area contributed by atoms with E-state index >= 15 is 0 Å². The molecule has 2 aromatic heterocycles. The molecule has 0 aliphatic carbocycles. The number of hydrogen-bond donors (Lipinski definition) is 2. The molecule has 16 heavy (non-hydrogen) atoms. The molecular weight excluding hydrogens is 206 g/mol. The highest BCUT2D eigenvalue weighted by atomic mass is 16.1. The van der Waals surface area contributed by atoms with Crippen LogP contribution in [0, 0.1) is 6.92 Å². The van der Waals surface area contributed by atoms with Gasteiger partial charge in [-0.1, -0.05) is 0 Å². The number of H-pyrrole nitrogens is 1. The molecule has 0 aliphatic rings. The first-order chi connectivity index (χ1) is 7.77. The van der Waals surface area contributed by atoms with Gasteiger partial charge in [-0.3, -0.25) is 9.89 Å². The molecule has 6 heteroatoms. The van der Waals surface area contributed by atoms with Crippen molar-refractivity contribution in [1.29, 1.82) is 0 Å². The van der Waals surface area contributed by atoms with Gasteiger partial charge < -0.3 is 5.32 Å². The predicted molar refractivity (Wildman–Crippen MR) is 56.5 cm³/mol. The summed E-state index contributed by atoms with van der Waals surface area (Å²) in [4.78, 5) is 11.7. The Labute approximate surface area is 92.1 Å². The lowest BCUT2D eigenvalue weighted by Gasteiger charge is -2.02. The van der Waals surface area contributed by atoms with Gasteiger partial charge in [0.05, 0.1) is 24.0 Å². The van der Waals surface area contributed by atoms with Crippen LogP contribution in [0.3, 0.4) is 0 Å². The minimum atomic E-state index is -0.170. The van der Waals surface area contributed by atoms with Gasteiger partial charge in [0.2, 0.25) is 0 Å². The number of nitrogens with zero attached hydrogens (tertiary/aromatic N) is 3. The summed E-state index contributed by atoms with van der Waals surface area (Å²) in [6.45, 7) is 2.15. The van der Waals surface area contributed by atoms with Crippen molar-refractivity contribution in [3.63, 3.8) is 0 Å². The molecule has 0 radical (unpaired) electrons. The second-order valence-electron chi connectivity index (χ2n) is 3.31. The van der Waals surface area contributed by atoms with Gasteiger partial charge in [0.1, 0.15) is 0 Å². The average Bonchev–Trinajstić information content (AvgIpc) is 2.74. The summed E-state index contributed by atoms with van der Waals surface area (Å²) < 4.78 is 0. The van der Waals surface area contributed by atoms with Crippen molar-refractivity contribution in [3.05, 3.63) is 41.5 Å². The molecule has 2 heterocycles. The molecule has 82 valence electrons. The summed E-state index contributed by atoms with van der Waals surface area (Å²) >= 11 is 0. The first-order valence-electron chi connectivity index (χ1n) is 4.82. The predicted octanol–water partition coefficient (Wildman–Crippen LogP) is 0.438. The van der Waals surface area contributed by atoms with Crippen molar-refractivity contribution in [2.45, 2.75) is 13.5 Å². The zero-order valence-electron chi connectivity index (χ0n) is 8.77. The van der Waals surface area contributed by atoms with Crippen LogP contribution in [-0.4, -0.2) is 26.3 Å². The molecule has 2 N–H and O–H groups in total. The quantitative estimate of drug-likeness (QED) is 0.781. The Hall–Kier alpha value is -2.24. The SMILES string of the molecule is Cc1[nH]ncc1C(=O)NCc1cccnn1. The fraction of sp³-hybridized carbons (Fsp3) is 0.200. The van der Waals surface area contributed by atoms with Gasteiger partial charge in [-0.25, -0.2) is 0 Å². The fourth-order valence-corrected chi connectivity index (χ4v) is 1.27. The average molecular weight is 217 g/mol. The summed E-state index contributed by atoms with van der Waals surface area (Å²) in [7, 11) is 0. The largest absolute Gasteiger partial charge is 0.346 e. The zero-order chi connectivity index (χ0) is 11.4. The Balaban J connectivity index is 1.97. The Morgan fingerprint density at radius 3 is 3.06 bits per heavy atom. The van der Waals surface area contributed by atoms with Crippen molar-refractivity contribution in [1.82, 2.24) is 25.7 Å². The molecule has 0 saturated carbocycles. The smallest absolute Gasteiger partial charge is 0.255 e. The third kappa shape index (κ3) is 2.22. The van der Waals surface area contributed by atoms with E-state index in [1.54, 1.807) is 25.3 Å². The van der Waals surface area contributed by atoms with Gasteiger partial charge >= 0.3 is 0 Å². The molecule has 0 bridgehead atoms. The third-order valence-electron chi connectivity index (χ3n) is 2.13. The molecule has 0 atom stereocenters. The van der Waals surface area contributed by atoms with Crippen molar-refractivity contribution in [2.75, 3.05) is 0 Å². The summed E-state index contributed by atoms with van der Waals surface area (Å²) in [5.74, 6) is -0.170. The first kappa shape index (κ1) is 10.3. The highest BCUT2D eigenvalue weighted by Gasteiger charge is 2.10. The summed E-state index contributed by atoms with van der Waals surface area (Å²) in [5.41, 5.74) is 2.01. The Morgan fingerprint density at radius 1 is 1.56 bits per heavy atom. The molecule has 0 spiro atoms. The Kier molecular flexibility index (Phi) is 2.90. The van der Waals surface area contributed by atoms with Crippen LogP contribution in [0.4, 0.5) is 0 Å². The maximum atomic E-state index is 11.7. The van der Waals surface area contributed by atoms with Crippen LogP contribution in [0.25, 0.3) is 0 Å². The highest BCUT2D eigenvalue weighted by molar-refractivity contribution is 5.94. The van der Waals surface area contributed by atoms with Gasteiger partial charge in [-0.05, 0) is 19.1 Å². The molecule has 2 rings (SSSR count). The van der Waals surface area contributed by atoms with Crippen molar-refractivity contribution < 1.29 is 4.79 Å². The molecule has 6 nitrogen and oxygen atoms in total. The number of rotatable bonds is 3. The van der Waals surface area contributed by atoms with Crippen LogP contribution in [0.2, 0.25) is 0 Å². The lowest BCUT2D eigenvalue weighted by atomic mass is 10.2. The fourth-order valence-electron chi connectivity index (χ4n) is 1.27. The van der Waals surface area contributed by atoms with Crippen molar-refractivity contribution >= 4 is 5.91 Å². The van der Waals surface area contributed by atoms with Crippen LogP contribution in [0.15, 0.2) is 24.5 Å². The molecule has 1 amide bonds. The van der Waals surface area contributed by atoms with Gasteiger partial charge in [-0.15, -0.1) is 0 Å². The van der Waals surface area contributed by atoms with E-state index in [-0.39, 0.29) is 5.91 Å². The number of aryl methyl sites for hydroxylation is 1. The Bertz CT molecular complexity index is 479. The number of carbonyl (C=O) groups is 1. The summed E-state index contributed by atoms with van der Waals surface area (Å²) in [5, 5.41) is 16.8. The van der Waals surface area contributed by atoms with Crippen molar-refractivity contribution in [2.24, 2.45) is 0 Å². The van der Waals surface area contributed by atoms with E-state index in [4.69, 9.17) is 0 Å². The number of aromatic nitrogens is 4. The van der Waals surface area contributed by atoms with Gasteiger partial charge in [0.25, 0.3) is 5.91 Å². The van der Waals surface area contributed by atoms with Crippen LogP contribution >= 0.6 is 0 Å². The van der Waals surface area contributed by atoms with E-state index in [2.05, 4.69) is 25.7 Å². The molecular formula is C10H11N5O. The number of carbonyl (C=O) groups excluding carboxylic acids is 1. The van der Waals surface area contributed by atoms with Crippen LogP contribution in [0.1, 0.15) is 21.7 Å². The molecule has 0 aliphatic heterocycles. The maximum Gasteiger partial charge on any atom is 0.255 e. The number of aromatic amines is 1. The second-order valence-corrected chi connectivity index (χ2v) is 3.31. The standard InChI is InChI=1S/C10H11N5O/c1-7-9(6-13-14-7)10(16)11-5-8-3-2-4-12-15-8/h2-4,6H,5H2,1H3,(H,11,16)(H,13,14). The van der Waals surface area contributed by atoms with Gasteiger partial charge in [0.15, 0.2) is 0 Å². The number of nitrogens with one attached hydrogen (secondary N) is 2.